The predicted octanol–water partition coefficient (Wildman–Crippen LogP) is 2.19. The van der Waals surface area contributed by atoms with Crippen molar-refractivity contribution in [3.8, 4) is 11.5 Å². The van der Waals surface area contributed by atoms with Gasteiger partial charge in [0.2, 0.25) is 0 Å². The average Bonchev–Trinajstić information content (AvgIpc) is 3.28. The Morgan fingerprint density at radius 1 is 1.32 bits per heavy atom. The normalized spacial score (nSPS) is 16.5. The summed E-state index contributed by atoms with van der Waals surface area (Å²) in [6, 6.07) is 6.47. The third kappa shape index (κ3) is 3.39. The summed E-state index contributed by atoms with van der Waals surface area (Å²) in [7, 11) is 3.34. The van der Waals surface area contributed by atoms with Crippen LogP contribution in [0.2, 0.25) is 0 Å². The van der Waals surface area contributed by atoms with Gasteiger partial charge in [0.1, 0.15) is 11.5 Å². The molecule has 2 rings (SSSR count). The second kappa shape index (κ2) is 6.26. The Labute approximate surface area is 115 Å². The average molecular weight is 264 g/mol. The fourth-order valence-electron chi connectivity index (χ4n) is 2.46. The van der Waals surface area contributed by atoms with Gasteiger partial charge >= 0.3 is 0 Å². The van der Waals surface area contributed by atoms with E-state index in [1.54, 1.807) is 14.2 Å². The van der Waals surface area contributed by atoms with E-state index in [1.807, 2.05) is 18.2 Å². The van der Waals surface area contributed by atoms with Crippen molar-refractivity contribution in [3.63, 3.8) is 0 Å². The minimum absolute atomic E-state index is 0.0504. The molecule has 1 unspecified atom stereocenters. The highest BCUT2D eigenvalue weighted by molar-refractivity contribution is 5.42. The lowest BCUT2D eigenvalue weighted by Crippen LogP contribution is -2.34. The Balaban J connectivity index is 2.13. The standard InChI is InChI=1S/C15H24N2O2/c1-4-17(11-5-6-11)10-14(16)13-9-12(18-2)7-8-15(13)19-3/h7-9,11,14H,4-6,10,16H2,1-3H3. The quantitative estimate of drug-likeness (QED) is 0.820. The number of benzene rings is 1. The number of nitrogens with zero attached hydrogens (tertiary/aromatic N) is 1. The summed E-state index contributed by atoms with van der Waals surface area (Å²) in [5.41, 5.74) is 7.37. The Morgan fingerprint density at radius 2 is 2.05 bits per heavy atom. The van der Waals surface area contributed by atoms with E-state index in [9.17, 15) is 0 Å². The largest absolute Gasteiger partial charge is 0.497 e. The van der Waals surface area contributed by atoms with Crippen LogP contribution in [0.5, 0.6) is 11.5 Å². The zero-order chi connectivity index (χ0) is 13.8. The van der Waals surface area contributed by atoms with Crippen LogP contribution >= 0.6 is 0 Å². The van der Waals surface area contributed by atoms with Crippen molar-refractivity contribution in [1.29, 1.82) is 0 Å². The maximum atomic E-state index is 6.36. The van der Waals surface area contributed by atoms with Crippen LogP contribution in [0.3, 0.4) is 0 Å². The second-order valence-electron chi connectivity index (χ2n) is 5.03. The van der Waals surface area contributed by atoms with Crippen molar-refractivity contribution in [1.82, 2.24) is 4.90 Å². The van der Waals surface area contributed by atoms with E-state index in [1.165, 1.54) is 12.8 Å². The van der Waals surface area contributed by atoms with Crippen molar-refractivity contribution in [3.05, 3.63) is 23.8 Å². The molecule has 4 heteroatoms. The highest BCUT2D eigenvalue weighted by Crippen LogP contribution is 2.32. The van der Waals surface area contributed by atoms with Crippen molar-refractivity contribution in [2.75, 3.05) is 27.3 Å². The Bertz CT molecular complexity index is 419. The van der Waals surface area contributed by atoms with Gasteiger partial charge in [-0.2, -0.15) is 0 Å². The van der Waals surface area contributed by atoms with Gasteiger partial charge in [-0.15, -0.1) is 0 Å². The van der Waals surface area contributed by atoms with Gasteiger partial charge in [-0.25, -0.2) is 0 Å². The van der Waals surface area contributed by atoms with Crippen LogP contribution < -0.4 is 15.2 Å². The number of rotatable bonds is 7. The smallest absolute Gasteiger partial charge is 0.123 e. The van der Waals surface area contributed by atoms with Crippen LogP contribution in [0, 0.1) is 0 Å². The van der Waals surface area contributed by atoms with Gasteiger partial charge in [0.15, 0.2) is 0 Å². The van der Waals surface area contributed by atoms with Crippen molar-refractivity contribution < 1.29 is 9.47 Å². The number of likely N-dealkylation sites (N-methyl/N-ethyl adjacent to an activating group) is 1. The molecule has 1 aliphatic carbocycles. The zero-order valence-electron chi connectivity index (χ0n) is 12.1. The molecule has 1 saturated carbocycles. The van der Waals surface area contributed by atoms with Crippen molar-refractivity contribution >= 4 is 0 Å². The van der Waals surface area contributed by atoms with Crippen LogP contribution in [0.1, 0.15) is 31.4 Å². The molecule has 1 aliphatic rings. The molecule has 2 N–H and O–H groups in total. The molecular formula is C15H24N2O2. The van der Waals surface area contributed by atoms with Gasteiger partial charge in [0, 0.05) is 24.2 Å². The fourth-order valence-corrected chi connectivity index (χ4v) is 2.46. The van der Waals surface area contributed by atoms with Gasteiger partial charge in [0.05, 0.1) is 14.2 Å². The van der Waals surface area contributed by atoms with Crippen LogP contribution in [-0.2, 0) is 0 Å². The molecule has 4 nitrogen and oxygen atoms in total. The third-order valence-corrected chi connectivity index (χ3v) is 3.74. The fraction of sp³-hybridized carbons (Fsp3) is 0.600. The maximum absolute atomic E-state index is 6.36. The number of nitrogens with two attached hydrogens (primary N) is 1. The van der Waals surface area contributed by atoms with E-state index >= 15 is 0 Å². The molecule has 1 fully saturated rings. The molecule has 0 aromatic heterocycles. The van der Waals surface area contributed by atoms with Crippen LogP contribution in [0.4, 0.5) is 0 Å². The van der Waals surface area contributed by atoms with Gasteiger partial charge in [-0.1, -0.05) is 6.92 Å². The summed E-state index contributed by atoms with van der Waals surface area (Å²) in [4.78, 5) is 2.45. The molecule has 1 atom stereocenters. The lowest BCUT2D eigenvalue weighted by Gasteiger charge is -2.25. The number of ether oxygens (including phenoxy) is 2. The molecule has 1 aromatic rings. The monoisotopic (exact) mass is 264 g/mol. The molecule has 0 radical (unpaired) electrons. The summed E-state index contributed by atoms with van der Waals surface area (Å²) in [5, 5.41) is 0. The van der Waals surface area contributed by atoms with Gasteiger partial charge < -0.3 is 15.2 Å². The van der Waals surface area contributed by atoms with Crippen LogP contribution in [0.15, 0.2) is 18.2 Å². The first-order valence-corrected chi connectivity index (χ1v) is 6.91. The minimum Gasteiger partial charge on any atom is -0.497 e. The Hall–Kier alpha value is -1.26. The SMILES string of the molecule is CCN(CC(N)c1cc(OC)ccc1OC)C1CC1. The van der Waals surface area contributed by atoms with Crippen molar-refractivity contribution in [2.45, 2.75) is 31.8 Å². The van der Waals surface area contributed by atoms with E-state index in [0.29, 0.717) is 0 Å². The summed E-state index contributed by atoms with van der Waals surface area (Å²) >= 11 is 0. The summed E-state index contributed by atoms with van der Waals surface area (Å²) in [5.74, 6) is 1.65. The molecule has 0 saturated heterocycles. The molecule has 0 aliphatic heterocycles. The molecule has 0 amide bonds. The maximum Gasteiger partial charge on any atom is 0.123 e. The predicted molar refractivity (Wildman–Crippen MR) is 76.7 cm³/mol. The molecule has 19 heavy (non-hydrogen) atoms. The van der Waals surface area contributed by atoms with Gasteiger partial charge in [0.25, 0.3) is 0 Å². The molecule has 106 valence electrons. The summed E-state index contributed by atoms with van der Waals surface area (Å²) in [6.45, 7) is 4.10. The first-order chi connectivity index (χ1) is 9.19. The lowest BCUT2D eigenvalue weighted by molar-refractivity contribution is 0.258. The first-order valence-electron chi connectivity index (χ1n) is 6.91. The molecule has 1 aromatic carbocycles. The van der Waals surface area contributed by atoms with Crippen molar-refractivity contribution in [2.24, 2.45) is 5.73 Å². The number of hydrogen-bond acceptors (Lipinski definition) is 4. The third-order valence-electron chi connectivity index (χ3n) is 3.74. The van der Waals surface area contributed by atoms with E-state index in [2.05, 4.69) is 11.8 Å². The van der Waals surface area contributed by atoms with E-state index in [-0.39, 0.29) is 6.04 Å². The van der Waals surface area contributed by atoms with E-state index in [0.717, 1.165) is 36.2 Å². The zero-order valence-corrected chi connectivity index (χ0v) is 12.1. The second-order valence-corrected chi connectivity index (χ2v) is 5.03. The highest BCUT2D eigenvalue weighted by Gasteiger charge is 2.29. The lowest BCUT2D eigenvalue weighted by atomic mass is 10.1. The van der Waals surface area contributed by atoms with E-state index < -0.39 is 0 Å². The van der Waals surface area contributed by atoms with E-state index in [4.69, 9.17) is 15.2 Å². The summed E-state index contributed by atoms with van der Waals surface area (Å²) < 4.78 is 10.7. The summed E-state index contributed by atoms with van der Waals surface area (Å²) in [6.07, 6.45) is 2.60. The molecule has 0 bridgehead atoms. The molecule has 0 spiro atoms. The van der Waals surface area contributed by atoms with Gasteiger partial charge in [-0.05, 0) is 37.6 Å². The number of methoxy groups -OCH3 is 2. The van der Waals surface area contributed by atoms with Crippen LogP contribution in [0.25, 0.3) is 0 Å². The topological polar surface area (TPSA) is 47.7 Å². The van der Waals surface area contributed by atoms with Crippen LogP contribution in [-0.4, -0.2) is 38.3 Å². The highest BCUT2D eigenvalue weighted by atomic mass is 16.5. The Morgan fingerprint density at radius 3 is 2.58 bits per heavy atom. The van der Waals surface area contributed by atoms with Gasteiger partial charge in [-0.3, -0.25) is 4.90 Å². The molecule has 0 heterocycles. The molecular weight excluding hydrogens is 240 g/mol. The first kappa shape index (κ1) is 14.2. The minimum atomic E-state index is -0.0504. The Kier molecular flexibility index (Phi) is 4.66. The number of hydrogen-bond donors (Lipinski definition) is 1.